The lowest BCUT2D eigenvalue weighted by molar-refractivity contribution is 0.0945. The van der Waals surface area contributed by atoms with E-state index in [4.69, 9.17) is 5.73 Å². The van der Waals surface area contributed by atoms with Crippen LogP contribution in [-0.2, 0) is 11.8 Å². The summed E-state index contributed by atoms with van der Waals surface area (Å²) < 4.78 is 0. The van der Waals surface area contributed by atoms with E-state index in [9.17, 15) is 4.79 Å². The van der Waals surface area contributed by atoms with Crippen molar-refractivity contribution in [3.63, 3.8) is 0 Å². The van der Waals surface area contributed by atoms with Crippen LogP contribution in [-0.4, -0.2) is 12.5 Å². The Morgan fingerprint density at radius 2 is 1.78 bits per heavy atom. The highest BCUT2D eigenvalue weighted by atomic mass is 35.5. The number of carbonyl (C=O) groups is 1. The van der Waals surface area contributed by atoms with Gasteiger partial charge in [-0.3, -0.25) is 4.79 Å². The molecular weight excluding hydrogens is 308 g/mol. The standard InChI is InChI=1S/C19H24N2O.ClH/c1-4-14-8-10-16(11-9-14)19(2,3)13-21-18(22)15-6-5-7-17(20)12-15;/h5-12H,4,13,20H2,1-3H3,(H,21,22);1H. The lowest BCUT2D eigenvalue weighted by Gasteiger charge is -2.26. The lowest BCUT2D eigenvalue weighted by Crippen LogP contribution is -2.36. The summed E-state index contributed by atoms with van der Waals surface area (Å²) in [6.07, 6.45) is 1.03. The van der Waals surface area contributed by atoms with Crippen LogP contribution in [0.2, 0.25) is 0 Å². The molecule has 0 heterocycles. The van der Waals surface area contributed by atoms with Crippen LogP contribution >= 0.6 is 12.4 Å². The van der Waals surface area contributed by atoms with Gasteiger partial charge in [-0.2, -0.15) is 0 Å². The third kappa shape index (κ3) is 5.00. The van der Waals surface area contributed by atoms with Crippen LogP contribution < -0.4 is 11.1 Å². The second kappa shape index (κ2) is 8.02. The molecule has 0 bridgehead atoms. The van der Waals surface area contributed by atoms with E-state index in [2.05, 4.69) is 50.4 Å². The maximum Gasteiger partial charge on any atom is 0.251 e. The quantitative estimate of drug-likeness (QED) is 0.814. The summed E-state index contributed by atoms with van der Waals surface area (Å²) in [6, 6.07) is 15.6. The minimum Gasteiger partial charge on any atom is -0.399 e. The molecule has 1 amide bonds. The number of carbonyl (C=O) groups excluding carboxylic acids is 1. The fourth-order valence-electron chi connectivity index (χ4n) is 2.38. The van der Waals surface area contributed by atoms with Gasteiger partial charge in [-0.1, -0.05) is 51.1 Å². The average Bonchev–Trinajstić information content (AvgIpc) is 2.52. The Hall–Kier alpha value is -2.00. The number of nitrogen functional groups attached to an aromatic ring is 1. The van der Waals surface area contributed by atoms with E-state index in [0.29, 0.717) is 17.8 Å². The first-order chi connectivity index (χ1) is 10.4. The molecule has 0 aromatic heterocycles. The molecule has 124 valence electrons. The van der Waals surface area contributed by atoms with E-state index in [0.717, 1.165) is 6.42 Å². The zero-order valence-corrected chi connectivity index (χ0v) is 14.7. The Kier molecular flexibility index (Phi) is 6.64. The Morgan fingerprint density at radius 1 is 1.13 bits per heavy atom. The number of halogens is 1. The topological polar surface area (TPSA) is 55.1 Å². The normalized spacial score (nSPS) is 10.7. The van der Waals surface area contributed by atoms with Crippen molar-refractivity contribution in [3.05, 3.63) is 65.2 Å². The Labute approximate surface area is 144 Å². The summed E-state index contributed by atoms with van der Waals surface area (Å²) in [5.74, 6) is -0.0921. The van der Waals surface area contributed by atoms with Gasteiger partial charge in [0.05, 0.1) is 0 Å². The molecule has 0 saturated carbocycles. The van der Waals surface area contributed by atoms with Gasteiger partial charge in [-0.05, 0) is 35.7 Å². The van der Waals surface area contributed by atoms with Crippen molar-refractivity contribution in [2.24, 2.45) is 0 Å². The van der Waals surface area contributed by atoms with Crippen molar-refractivity contribution in [2.45, 2.75) is 32.6 Å². The molecule has 0 saturated heterocycles. The third-order valence-electron chi connectivity index (χ3n) is 3.98. The fraction of sp³-hybridized carbons (Fsp3) is 0.316. The number of amides is 1. The van der Waals surface area contributed by atoms with Gasteiger partial charge in [-0.15, -0.1) is 12.4 Å². The number of anilines is 1. The number of benzene rings is 2. The maximum absolute atomic E-state index is 12.2. The molecule has 0 spiro atoms. The molecule has 3 nitrogen and oxygen atoms in total. The molecule has 2 aromatic carbocycles. The fourth-order valence-corrected chi connectivity index (χ4v) is 2.38. The highest BCUT2D eigenvalue weighted by molar-refractivity contribution is 5.95. The maximum atomic E-state index is 12.2. The molecule has 2 aromatic rings. The predicted octanol–water partition coefficient (Wildman–Crippen LogP) is 3.96. The predicted molar refractivity (Wildman–Crippen MR) is 99.3 cm³/mol. The van der Waals surface area contributed by atoms with E-state index in [1.165, 1.54) is 11.1 Å². The Morgan fingerprint density at radius 3 is 2.35 bits per heavy atom. The molecule has 0 radical (unpaired) electrons. The van der Waals surface area contributed by atoms with Crippen LogP contribution in [0.4, 0.5) is 5.69 Å². The smallest absolute Gasteiger partial charge is 0.251 e. The monoisotopic (exact) mass is 332 g/mol. The second-order valence-electron chi connectivity index (χ2n) is 6.24. The summed E-state index contributed by atoms with van der Waals surface area (Å²) >= 11 is 0. The zero-order chi connectivity index (χ0) is 16.2. The number of aryl methyl sites for hydroxylation is 1. The number of rotatable bonds is 5. The number of nitrogens with two attached hydrogens (primary N) is 1. The number of hydrogen-bond acceptors (Lipinski definition) is 2. The minimum absolute atomic E-state index is 0. The Bertz CT molecular complexity index is 651. The van der Waals surface area contributed by atoms with Crippen molar-refractivity contribution in [1.29, 1.82) is 0 Å². The molecule has 3 N–H and O–H groups in total. The van der Waals surface area contributed by atoms with E-state index >= 15 is 0 Å². The lowest BCUT2D eigenvalue weighted by atomic mass is 9.84. The van der Waals surface area contributed by atoms with Gasteiger partial charge < -0.3 is 11.1 Å². The van der Waals surface area contributed by atoms with Gasteiger partial charge >= 0.3 is 0 Å². The van der Waals surface area contributed by atoms with Crippen LogP contribution in [0.15, 0.2) is 48.5 Å². The van der Waals surface area contributed by atoms with Crippen LogP contribution in [0.5, 0.6) is 0 Å². The first-order valence-corrected chi connectivity index (χ1v) is 7.65. The summed E-state index contributed by atoms with van der Waals surface area (Å²) in [6.45, 7) is 6.99. The zero-order valence-electron chi connectivity index (χ0n) is 13.9. The Balaban J connectivity index is 0.00000264. The molecule has 4 heteroatoms. The number of hydrogen-bond donors (Lipinski definition) is 2. The molecule has 2 rings (SSSR count). The van der Waals surface area contributed by atoms with Crippen molar-refractivity contribution in [3.8, 4) is 0 Å². The highest BCUT2D eigenvalue weighted by Crippen LogP contribution is 2.23. The van der Waals surface area contributed by atoms with E-state index in [1.54, 1.807) is 24.3 Å². The molecule has 0 fully saturated rings. The van der Waals surface area contributed by atoms with Gasteiger partial charge in [0.25, 0.3) is 5.91 Å². The largest absolute Gasteiger partial charge is 0.399 e. The van der Waals surface area contributed by atoms with Gasteiger partial charge in [0.2, 0.25) is 0 Å². The van der Waals surface area contributed by atoms with Crippen molar-refractivity contribution in [1.82, 2.24) is 5.32 Å². The van der Waals surface area contributed by atoms with Gasteiger partial charge in [-0.25, -0.2) is 0 Å². The average molecular weight is 333 g/mol. The van der Waals surface area contributed by atoms with Crippen molar-refractivity contribution >= 4 is 24.0 Å². The van der Waals surface area contributed by atoms with Gasteiger partial charge in [0, 0.05) is 23.2 Å². The van der Waals surface area contributed by atoms with Crippen molar-refractivity contribution in [2.75, 3.05) is 12.3 Å². The van der Waals surface area contributed by atoms with E-state index in [-0.39, 0.29) is 23.7 Å². The summed E-state index contributed by atoms with van der Waals surface area (Å²) in [7, 11) is 0. The first-order valence-electron chi connectivity index (χ1n) is 7.65. The first kappa shape index (κ1) is 19.0. The summed E-state index contributed by atoms with van der Waals surface area (Å²) in [4.78, 5) is 12.2. The molecular formula is C19H25ClN2O. The molecule has 23 heavy (non-hydrogen) atoms. The van der Waals surface area contributed by atoms with Crippen LogP contribution in [0.25, 0.3) is 0 Å². The summed E-state index contributed by atoms with van der Waals surface area (Å²) in [5.41, 5.74) is 9.33. The number of nitrogens with one attached hydrogen (secondary N) is 1. The van der Waals surface area contributed by atoms with E-state index < -0.39 is 0 Å². The van der Waals surface area contributed by atoms with Crippen LogP contribution in [0, 0.1) is 0 Å². The third-order valence-corrected chi connectivity index (χ3v) is 3.98. The molecule has 0 atom stereocenters. The SMILES string of the molecule is CCc1ccc(C(C)(C)CNC(=O)c2cccc(N)c2)cc1.Cl. The van der Waals surface area contributed by atoms with Crippen LogP contribution in [0.1, 0.15) is 42.3 Å². The van der Waals surface area contributed by atoms with Crippen molar-refractivity contribution < 1.29 is 4.79 Å². The summed E-state index contributed by atoms with van der Waals surface area (Å²) in [5, 5.41) is 3.00. The minimum atomic E-state index is -0.123. The highest BCUT2D eigenvalue weighted by Gasteiger charge is 2.21. The van der Waals surface area contributed by atoms with Gasteiger partial charge in [0.15, 0.2) is 0 Å². The molecule has 0 aliphatic carbocycles. The van der Waals surface area contributed by atoms with E-state index in [1.807, 2.05) is 0 Å². The molecule has 0 unspecified atom stereocenters. The van der Waals surface area contributed by atoms with Gasteiger partial charge in [0.1, 0.15) is 0 Å². The molecule has 0 aliphatic rings. The van der Waals surface area contributed by atoms with Crippen LogP contribution in [0.3, 0.4) is 0 Å². The second-order valence-corrected chi connectivity index (χ2v) is 6.24. The molecule has 0 aliphatic heterocycles.